The van der Waals surface area contributed by atoms with Crippen LogP contribution in [0.4, 0.5) is 26.3 Å². The van der Waals surface area contributed by atoms with Crippen molar-refractivity contribution in [2.75, 3.05) is 13.7 Å². The standard InChI is InChI=1S/C12H11F6NO4/c1-3-22-8(20)5-6-4-7(21-2)19-10(11(13,14)15)9(6)23-12(16,17)18/h4H,3,5H2,1-2H3. The molecule has 0 aliphatic carbocycles. The molecule has 0 aliphatic heterocycles. The van der Waals surface area contributed by atoms with Gasteiger partial charge in [-0.15, -0.1) is 13.2 Å². The number of hydrogen-bond donors (Lipinski definition) is 0. The van der Waals surface area contributed by atoms with Gasteiger partial charge in [0.05, 0.1) is 20.1 Å². The summed E-state index contributed by atoms with van der Waals surface area (Å²) in [6.07, 6.45) is -11.5. The molecule has 0 aliphatic rings. The Morgan fingerprint density at radius 3 is 2.26 bits per heavy atom. The van der Waals surface area contributed by atoms with E-state index in [-0.39, 0.29) is 6.61 Å². The zero-order valence-corrected chi connectivity index (χ0v) is 11.8. The van der Waals surface area contributed by atoms with E-state index in [0.29, 0.717) is 0 Å². The number of halogens is 6. The van der Waals surface area contributed by atoms with Crippen molar-refractivity contribution in [3.8, 4) is 11.6 Å². The van der Waals surface area contributed by atoms with Gasteiger partial charge >= 0.3 is 18.5 Å². The van der Waals surface area contributed by atoms with Gasteiger partial charge in [-0.05, 0) is 6.92 Å². The highest BCUT2D eigenvalue weighted by Crippen LogP contribution is 2.41. The third-order valence-electron chi connectivity index (χ3n) is 2.36. The lowest BCUT2D eigenvalue weighted by Crippen LogP contribution is -2.23. The van der Waals surface area contributed by atoms with Crippen LogP contribution in [0.2, 0.25) is 0 Å². The summed E-state index contributed by atoms with van der Waals surface area (Å²) in [5.74, 6) is -3.26. The molecule has 1 heterocycles. The molecule has 0 fully saturated rings. The zero-order chi connectivity index (χ0) is 17.8. The highest BCUT2D eigenvalue weighted by atomic mass is 19.4. The van der Waals surface area contributed by atoms with Gasteiger partial charge in [0.25, 0.3) is 0 Å². The van der Waals surface area contributed by atoms with Crippen LogP contribution in [0.3, 0.4) is 0 Å². The Hall–Kier alpha value is -2.20. The van der Waals surface area contributed by atoms with Crippen LogP contribution in [-0.2, 0) is 22.1 Å². The van der Waals surface area contributed by atoms with Crippen LogP contribution >= 0.6 is 0 Å². The Morgan fingerprint density at radius 2 is 1.83 bits per heavy atom. The van der Waals surface area contributed by atoms with Crippen LogP contribution in [0, 0.1) is 0 Å². The third-order valence-corrected chi connectivity index (χ3v) is 2.36. The molecule has 0 radical (unpaired) electrons. The lowest BCUT2D eigenvalue weighted by atomic mass is 10.1. The van der Waals surface area contributed by atoms with E-state index in [1.54, 1.807) is 0 Å². The average molecular weight is 347 g/mol. The molecule has 11 heteroatoms. The van der Waals surface area contributed by atoms with Gasteiger partial charge in [-0.3, -0.25) is 4.79 Å². The predicted molar refractivity (Wildman–Crippen MR) is 62.8 cm³/mol. The number of alkyl halides is 6. The maximum atomic E-state index is 12.9. The molecule has 1 aromatic heterocycles. The second-order valence-corrected chi connectivity index (χ2v) is 4.03. The molecule has 0 N–H and O–H groups in total. The van der Waals surface area contributed by atoms with E-state index in [2.05, 4.69) is 19.2 Å². The highest BCUT2D eigenvalue weighted by Gasteiger charge is 2.43. The van der Waals surface area contributed by atoms with Gasteiger partial charge in [0, 0.05) is 11.6 Å². The van der Waals surface area contributed by atoms with Crippen LogP contribution < -0.4 is 9.47 Å². The summed E-state index contributed by atoms with van der Waals surface area (Å²) in [6.45, 7) is 1.34. The number of aromatic nitrogens is 1. The fourth-order valence-electron chi connectivity index (χ4n) is 1.59. The number of nitrogens with zero attached hydrogens (tertiary/aromatic N) is 1. The van der Waals surface area contributed by atoms with Crippen LogP contribution in [0.5, 0.6) is 11.6 Å². The summed E-state index contributed by atoms with van der Waals surface area (Å²) in [7, 11) is 0.973. The first kappa shape index (κ1) is 18.8. The molecule has 0 saturated heterocycles. The van der Waals surface area contributed by atoms with E-state index in [9.17, 15) is 31.1 Å². The van der Waals surface area contributed by atoms with E-state index in [0.717, 1.165) is 13.2 Å². The van der Waals surface area contributed by atoms with E-state index in [4.69, 9.17) is 0 Å². The molecular formula is C12H11F6NO4. The summed E-state index contributed by atoms with van der Waals surface area (Å²) < 4.78 is 88.4. The molecule has 0 spiro atoms. The number of carbonyl (C=O) groups excluding carboxylic acids is 1. The van der Waals surface area contributed by atoms with Crippen LogP contribution in [0.15, 0.2) is 6.07 Å². The number of ether oxygens (including phenoxy) is 3. The number of carbonyl (C=O) groups is 1. The van der Waals surface area contributed by atoms with E-state index >= 15 is 0 Å². The highest BCUT2D eigenvalue weighted by molar-refractivity contribution is 5.74. The van der Waals surface area contributed by atoms with Crippen molar-refractivity contribution >= 4 is 5.97 Å². The average Bonchev–Trinajstić information content (AvgIpc) is 2.37. The maximum absolute atomic E-state index is 12.9. The van der Waals surface area contributed by atoms with Crippen LogP contribution in [0.1, 0.15) is 18.2 Å². The molecule has 0 aromatic carbocycles. The van der Waals surface area contributed by atoms with E-state index < -0.39 is 47.8 Å². The quantitative estimate of drug-likeness (QED) is 0.605. The number of pyridine rings is 1. The van der Waals surface area contributed by atoms with Gasteiger partial charge in [-0.25, -0.2) is 4.98 Å². The van der Waals surface area contributed by atoms with Crippen molar-refractivity contribution in [3.05, 3.63) is 17.3 Å². The smallest absolute Gasteiger partial charge is 0.481 e. The number of methoxy groups -OCH3 is 1. The van der Waals surface area contributed by atoms with Crippen molar-refractivity contribution in [2.45, 2.75) is 25.9 Å². The Balaban J connectivity index is 3.46. The van der Waals surface area contributed by atoms with Crippen molar-refractivity contribution in [1.29, 1.82) is 0 Å². The lowest BCUT2D eigenvalue weighted by Gasteiger charge is -2.18. The molecule has 1 aromatic rings. The third kappa shape index (κ3) is 5.49. The summed E-state index contributed by atoms with van der Waals surface area (Å²) in [5, 5.41) is 0. The molecule has 23 heavy (non-hydrogen) atoms. The van der Waals surface area contributed by atoms with Gasteiger partial charge in [-0.1, -0.05) is 0 Å². The first-order chi connectivity index (χ1) is 10.5. The summed E-state index contributed by atoms with van der Waals surface area (Å²) in [5.41, 5.74) is -2.66. The van der Waals surface area contributed by atoms with Gasteiger partial charge in [0.1, 0.15) is 0 Å². The first-order valence-corrected chi connectivity index (χ1v) is 6.04. The minimum atomic E-state index is -5.40. The Morgan fingerprint density at radius 1 is 1.22 bits per heavy atom. The molecule has 5 nitrogen and oxygen atoms in total. The molecule has 1 rings (SSSR count). The van der Waals surface area contributed by atoms with E-state index in [1.807, 2.05) is 0 Å². The fraction of sp³-hybridized carbons (Fsp3) is 0.500. The molecule has 0 saturated carbocycles. The van der Waals surface area contributed by atoms with Crippen molar-refractivity contribution in [3.63, 3.8) is 0 Å². The van der Waals surface area contributed by atoms with Gasteiger partial charge in [0.2, 0.25) is 5.88 Å². The number of rotatable bonds is 5. The van der Waals surface area contributed by atoms with E-state index in [1.165, 1.54) is 6.92 Å². The lowest BCUT2D eigenvalue weighted by molar-refractivity contribution is -0.276. The summed E-state index contributed by atoms with van der Waals surface area (Å²) in [6, 6.07) is 0.743. The molecule has 0 amide bonds. The Kier molecular flexibility index (Phi) is 5.67. The second-order valence-electron chi connectivity index (χ2n) is 4.03. The summed E-state index contributed by atoms with van der Waals surface area (Å²) >= 11 is 0. The normalized spacial score (nSPS) is 12.0. The molecule has 0 bridgehead atoms. The minimum Gasteiger partial charge on any atom is -0.481 e. The SMILES string of the molecule is CCOC(=O)Cc1cc(OC)nc(C(F)(F)F)c1OC(F)(F)F. The zero-order valence-electron chi connectivity index (χ0n) is 11.8. The summed E-state index contributed by atoms with van der Waals surface area (Å²) in [4.78, 5) is 14.3. The molecular weight excluding hydrogens is 336 g/mol. The van der Waals surface area contributed by atoms with Gasteiger partial charge in [-0.2, -0.15) is 13.2 Å². The van der Waals surface area contributed by atoms with Crippen LogP contribution in [-0.4, -0.2) is 31.0 Å². The monoisotopic (exact) mass is 347 g/mol. The molecule has 130 valence electrons. The van der Waals surface area contributed by atoms with Crippen molar-refractivity contribution < 1.29 is 45.3 Å². The number of hydrogen-bond acceptors (Lipinski definition) is 5. The van der Waals surface area contributed by atoms with Crippen molar-refractivity contribution in [2.24, 2.45) is 0 Å². The Bertz CT molecular complexity index is 570. The predicted octanol–water partition coefficient (Wildman–Crippen LogP) is 3.11. The largest absolute Gasteiger partial charge is 0.573 e. The van der Waals surface area contributed by atoms with Gasteiger partial charge in [0.15, 0.2) is 11.4 Å². The Labute approximate surface area is 126 Å². The van der Waals surface area contributed by atoms with Crippen LogP contribution in [0.25, 0.3) is 0 Å². The molecule has 0 atom stereocenters. The maximum Gasteiger partial charge on any atom is 0.573 e. The minimum absolute atomic E-state index is 0.0946. The van der Waals surface area contributed by atoms with Gasteiger partial charge < -0.3 is 14.2 Å². The topological polar surface area (TPSA) is 57.7 Å². The van der Waals surface area contributed by atoms with Crippen molar-refractivity contribution in [1.82, 2.24) is 4.98 Å². The second kappa shape index (κ2) is 6.92. The fourth-order valence-corrected chi connectivity index (χ4v) is 1.59. The first-order valence-electron chi connectivity index (χ1n) is 6.04. The number of esters is 1. The molecule has 0 unspecified atom stereocenters.